The molecule has 0 spiro atoms. The van der Waals surface area contributed by atoms with Gasteiger partial charge in [0.15, 0.2) is 18.2 Å². The molecule has 1 aliphatic rings. The van der Waals surface area contributed by atoms with E-state index in [2.05, 4.69) is 10.1 Å². The van der Waals surface area contributed by atoms with Crippen LogP contribution >= 0.6 is 0 Å². The summed E-state index contributed by atoms with van der Waals surface area (Å²) in [4.78, 5) is 48.2. The third-order valence-electron chi connectivity index (χ3n) is 3.84. The number of amides is 1. The molecule has 2 aromatic carbocycles. The summed E-state index contributed by atoms with van der Waals surface area (Å²) >= 11 is 0. The summed E-state index contributed by atoms with van der Waals surface area (Å²) in [6.07, 6.45) is 0. The normalized spacial score (nSPS) is 12.2. The zero-order valence-electron chi connectivity index (χ0n) is 13.9. The molecular weight excluding hydrogens is 338 g/mol. The van der Waals surface area contributed by atoms with Crippen molar-refractivity contribution in [2.45, 2.75) is 0 Å². The Hall–Kier alpha value is -3.32. The van der Waals surface area contributed by atoms with Crippen molar-refractivity contribution >= 4 is 29.1 Å². The second-order valence-electron chi connectivity index (χ2n) is 5.61. The Morgan fingerprint density at radius 1 is 0.885 bits per heavy atom. The van der Waals surface area contributed by atoms with Gasteiger partial charge in [0.25, 0.3) is 5.91 Å². The molecule has 26 heavy (non-hydrogen) atoms. The fourth-order valence-corrected chi connectivity index (χ4v) is 2.68. The van der Waals surface area contributed by atoms with Crippen LogP contribution in [0.3, 0.4) is 0 Å². The Morgan fingerprint density at radius 2 is 1.50 bits per heavy atom. The summed E-state index contributed by atoms with van der Waals surface area (Å²) in [5.41, 5.74) is 1.55. The Labute approximate surface area is 148 Å². The molecule has 0 radical (unpaired) electrons. The van der Waals surface area contributed by atoms with E-state index in [-0.39, 0.29) is 23.7 Å². The standard InChI is InChI=1S/C19H15NO6/c1-25-10-17(22)26-9-16(21)20-11-6-7-14-15(8-11)19(24)13-5-3-2-4-12(13)18(14)23/h2-8H,9-10H2,1H3,(H,20,21). The molecule has 7 nitrogen and oxygen atoms in total. The molecule has 0 heterocycles. The van der Waals surface area contributed by atoms with Crippen LogP contribution in [0.5, 0.6) is 0 Å². The van der Waals surface area contributed by atoms with E-state index in [4.69, 9.17) is 4.74 Å². The number of ether oxygens (including phenoxy) is 2. The van der Waals surface area contributed by atoms with E-state index >= 15 is 0 Å². The maximum Gasteiger partial charge on any atom is 0.332 e. The fraction of sp³-hybridized carbons (Fsp3) is 0.158. The van der Waals surface area contributed by atoms with E-state index in [9.17, 15) is 19.2 Å². The van der Waals surface area contributed by atoms with Gasteiger partial charge in [-0.15, -0.1) is 0 Å². The molecular formula is C19H15NO6. The average Bonchev–Trinajstić information content (AvgIpc) is 2.65. The molecule has 1 N–H and O–H groups in total. The zero-order valence-corrected chi connectivity index (χ0v) is 13.9. The lowest BCUT2D eigenvalue weighted by atomic mass is 9.84. The highest BCUT2D eigenvalue weighted by Gasteiger charge is 2.29. The first-order valence-corrected chi connectivity index (χ1v) is 7.78. The highest BCUT2D eigenvalue weighted by molar-refractivity contribution is 6.28. The summed E-state index contributed by atoms with van der Waals surface area (Å²) in [5, 5.41) is 2.53. The van der Waals surface area contributed by atoms with Gasteiger partial charge in [-0.3, -0.25) is 14.4 Å². The first-order valence-electron chi connectivity index (χ1n) is 7.78. The van der Waals surface area contributed by atoms with Crippen molar-refractivity contribution in [2.75, 3.05) is 25.6 Å². The predicted octanol–water partition coefficient (Wildman–Crippen LogP) is 1.59. The number of hydrogen-bond acceptors (Lipinski definition) is 6. The van der Waals surface area contributed by atoms with Crippen LogP contribution in [0.2, 0.25) is 0 Å². The van der Waals surface area contributed by atoms with E-state index in [0.29, 0.717) is 22.4 Å². The zero-order chi connectivity index (χ0) is 18.7. The first-order chi connectivity index (χ1) is 12.5. The minimum atomic E-state index is -0.662. The molecule has 1 amide bonds. The number of methoxy groups -OCH3 is 1. The number of benzene rings is 2. The molecule has 0 fully saturated rings. The lowest BCUT2D eigenvalue weighted by Crippen LogP contribution is -2.24. The number of anilines is 1. The molecule has 0 saturated carbocycles. The fourth-order valence-electron chi connectivity index (χ4n) is 2.68. The lowest BCUT2D eigenvalue weighted by Gasteiger charge is -2.18. The van der Waals surface area contributed by atoms with Gasteiger partial charge in [0.05, 0.1) is 0 Å². The van der Waals surface area contributed by atoms with E-state index in [1.54, 1.807) is 24.3 Å². The van der Waals surface area contributed by atoms with Gasteiger partial charge in [0, 0.05) is 35.1 Å². The third-order valence-corrected chi connectivity index (χ3v) is 3.84. The number of hydrogen-bond donors (Lipinski definition) is 1. The maximum atomic E-state index is 12.6. The van der Waals surface area contributed by atoms with Crippen LogP contribution in [0.1, 0.15) is 31.8 Å². The van der Waals surface area contributed by atoms with Crippen LogP contribution in [0.25, 0.3) is 0 Å². The van der Waals surface area contributed by atoms with Gasteiger partial charge >= 0.3 is 5.97 Å². The minimum Gasteiger partial charge on any atom is -0.454 e. The molecule has 0 aliphatic heterocycles. The maximum absolute atomic E-state index is 12.6. The summed E-state index contributed by atoms with van der Waals surface area (Å²) in [5.74, 6) is -1.74. The van der Waals surface area contributed by atoms with E-state index in [1.807, 2.05) is 0 Å². The molecule has 0 saturated heterocycles. The smallest absolute Gasteiger partial charge is 0.332 e. The van der Waals surface area contributed by atoms with Gasteiger partial charge in [-0.2, -0.15) is 0 Å². The Balaban J connectivity index is 1.77. The van der Waals surface area contributed by atoms with Crippen molar-refractivity contribution in [1.29, 1.82) is 0 Å². The Morgan fingerprint density at radius 3 is 2.15 bits per heavy atom. The average molecular weight is 353 g/mol. The SMILES string of the molecule is COCC(=O)OCC(=O)Nc1ccc2c(c1)C(=O)c1ccccc1C2=O. The molecule has 2 aromatic rings. The van der Waals surface area contributed by atoms with Gasteiger partial charge in [-0.25, -0.2) is 4.79 Å². The molecule has 132 valence electrons. The van der Waals surface area contributed by atoms with Crippen LogP contribution in [-0.4, -0.2) is 43.8 Å². The number of nitrogens with one attached hydrogen (secondary N) is 1. The molecule has 0 aromatic heterocycles. The van der Waals surface area contributed by atoms with E-state index < -0.39 is 18.5 Å². The van der Waals surface area contributed by atoms with Crippen molar-refractivity contribution in [3.8, 4) is 0 Å². The summed E-state index contributed by atoms with van der Waals surface area (Å²) in [7, 11) is 1.34. The predicted molar refractivity (Wildman–Crippen MR) is 91.2 cm³/mol. The minimum absolute atomic E-state index is 0.225. The quantitative estimate of drug-likeness (QED) is 0.700. The third kappa shape index (κ3) is 3.38. The Bertz CT molecular complexity index is 918. The van der Waals surface area contributed by atoms with Gasteiger partial charge in [-0.1, -0.05) is 24.3 Å². The molecule has 7 heteroatoms. The number of carbonyl (C=O) groups excluding carboxylic acids is 4. The van der Waals surface area contributed by atoms with Crippen molar-refractivity contribution in [1.82, 2.24) is 0 Å². The van der Waals surface area contributed by atoms with Crippen LogP contribution in [0.4, 0.5) is 5.69 Å². The van der Waals surface area contributed by atoms with Crippen LogP contribution in [0, 0.1) is 0 Å². The molecule has 3 rings (SSSR count). The number of rotatable bonds is 5. The summed E-state index contributed by atoms with van der Waals surface area (Å²) in [6, 6.07) is 11.1. The summed E-state index contributed by atoms with van der Waals surface area (Å²) < 4.78 is 9.31. The molecule has 0 unspecified atom stereocenters. The second kappa shape index (κ2) is 7.28. The number of esters is 1. The summed E-state index contributed by atoms with van der Waals surface area (Å²) in [6.45, 7) is -0.725. The van der Waals surface area contributed by atoms with Crippen LogP contribution < -0.4 is 5.32 Å². The van der Waals surface area contributed by atoms with E-state index in [1.165, 1.54) is 25.3 Å². The number of carbonyl (C=O) groups is 4. The van der Waals surface area contributed by atoms with Gasteiger partial charge in [-0.05, 0) is 18.2 Å². The number of fused-ring (bicyclic) bond motifs is 2. The highest BCUT2D eigenvalue weighted by atomic mass is 16.6. The Kier molecular flexibility index (Phi) is 4.90. The number of ketones is 2. The highest BCUT2D eigenvalue weighted by Crippen LogP contribution is 2.29. The molecule has 1 aliphatic carbocycles. The van der Waals surface area contributed by atoms with Crippen molar-refractivity contribution in [3.05, 3.63) is 64.7 Å². The van der Waals surface area contributed by atoms with Crippen molar-refractivity contribution in [3.63, 3.8) is 0 Å². The van der Waals surface area contributed by atoms with Crippen LogP contribution in [-0.2, 0) is 19.1 Å². The molecule has 0 bridgehead atoms. The largest absolute Gasteiger partial charge is 0.454 e. The van der Waals surface area contributed by atoms with Crippen LogP contribution in [0.15, 0.2) is 42.5 Å². The van der Waals surface area contributed by atoms with Gasteiger partial charge in [0.1, 0.15) is 6.61 Å². The topological polar surface area (TPSA) is 98.8 Å². The van der Waals surface area contributed by atoms with Crippen molar-refractivity contribution < 1.29 is 28.7 Å². The molecule has 0 atom stereocenters. The van der Waals surface area contributed by atoms with Gasteiger partial charge in [0.2, 0.25) is 0 Å². The second-order valence-corrected chi connectivity index (χ2v) is 5.61. The van der Waals surface area contributed by atoms with E-state index in [0.717, 1.165) is 0 Å². The van der Waals surface area contributed by atoms with Gasteiger partial charge < -0.3 is 14.8 Å². The first kappa shape index (κ1) is 17.5. The van der Waals surface area contributed by atoms with Crippen molar-refractivity contribution in [2.24, 2.45) is 0 Å². The lowest BCUT2D eigenvalue weighted by molar-refractivity contribution is -0.150. The monoisotopic (exact) mass is 353 g/mol.